The summed E-state index contributed by atoms with van der Waals surface area (Å²) in [6.07, 6.45) is 7.53. The van der Waals surface area contributed by atoms with Gasteiger partial charge in [-0.3, -0.25) is 9.59 Å². The molecule has 2 aliphatic rings. The summed E-state index contributed by atoms with van der Waals surface area (Å²) in [5, 5.41) is 4.36. The van der Waals surface area contributed by atoms with Gasteiger partial charge in [-0.25, -0.2) is 9.97 Å². The fraction of sp³-hybridized carbons (Fsp3) is 0.636. The summed E-state index contributed by atoms with van der Waals surface area (Å²) in [6, 6.07) is 0. The Morgan fingerprint density at radius 3 is 2.90 bits per heavy atom. The number of aromatic nitrogens is 2. The van der Waals surface area contributed by atoms with Crippen LogP contribution in [0.2, 0.25) is 0 Å². The summed E-state index contributed by atoms with van der Waals surface area (Å²) >= 11 is 1.47. The van der Waals surface area contributed by atoms with Crippen LogP contribution in [-0.4, -0.2) is 64.3 Å². The Morgan fingerprint density at radius 2 is 2.20 bits per heavy atom. The quantitative estimate of drug-likeness (QED) is 0.583. The number of hydrogen-bond acceptors (Lipinski definition) is 6. The van der Waals surface area contributed by atoms with Gasteiger partial charge < -0.3 is 15.1 Å². The molecule has 7 nitrogen and oxygen atoms in total. The molecule has 2 fully saturated rings. The minimum absolute atomic E-state index is 0.128. The van der Waals surface area contributed by atoms with E-state index in [0.717, 1.165) is 78.5 Å². The molecule has 0 aromatic carbocycles. The van der Waals surface area contributed by atoms with Crippen LogP contribution >= 0.6 is 11.3 Å². The van der Waals surface area contributed by atoms with Gasteiger partial charge >= 0.3 is 0 Å². The number of carbonyl (C=O) groups is 2. The maximum absolute atomic E-state index is 13.3. The average Bonchev–Trinajstić information content (AvgIpc) is 3.37. The highest BCUT2D eigenvalue weighted by Gasteiger charge is 2.29. The highest BCUT2D eigenvalue weighted by Crippen LogP contribution is 2.35. The molecule has 4 rings (SSSR count). The first-order valence-corrected chi connectivity index (χ1v) is 11.9. The van der Waals surface area contributed by atoms with E-state index in [9.17, 15) is 9.59 Å². The second-order valence-corrected chi connectivity index (χ2v) is 9.42. The molecule has 0 unspecified atom stereocenters. The predicted octanol–water partition coefficient (Wildman–Crippen LogP) is 3.69. The van der Waals surface area contributed by atoms with E-state index in [-0.39, 0.29) is 11.8 Å². The minimum atomic E-state index is 0.128. The molecule has 0 radical (unpaired) electrons. The fourth-order valence-corrected chi connectivity index (χ4v) is 5.24. The lowest BCUT2D eigenvalue weighted by Gasteiger charge is -2.21. The van der Waals surface area contributed by atoms with E-state index in [0.29, 0.717) is 12.3 Å². The van der Waals surface area contributed by atoms with Crippen molar-refractivity contribution >= 4 is 39.2 Å². The molecule has 1 aliphatic heterocycles. The zero-order chi connectivity index (χ0) is 21.1. The Morgan fingerprint density at radius 1 is 1.37 bits per heavy atom. The van der Waals surface area contributed by atoms with Crippen LogP contribution in [0.15, 0.2) is 6.33 Å². The number of likely N-dealkylation sites (tertiary alicyclic amines) is 1. The van der Waals surface area contributed by atoms with E-state index in [1.54, 1.807) is 6.33 Å². The molecule has 1 saturated carbocycles. The molecule has 2 amide bonds. The van der Waals surface area contributed by atoms with Gasteiger partial charge in [0.1, 0.15) is 17.0 Å². The molecule has 162 valence electrons. The van der Waals surface area contributed by atoms with Crippen molar-refractivity contribution < 1.29 is 9.59 Å². The van der Waals surface area contributed by atoms with Crippen molar-refractivity contribution in [2.45, 2.75) is 52.4 Å². The Bertz CT molecular complexity index is 924. The van der Waals surface area contributed by atoms with E-state index >= 15 is 0 Å². The van der Waals surface area contributed by atoms with Crippen LogP contribution in [0.1, 0.15) is 60.7 Å². The smallest absolute Gasteiger partial charge is 0.264 e. The largest absolute Gasteiger partial charge is 0.369 e. The number of amides is 2. The van der Waals surface area contributed by atoms with Crippen LogP contribution in [0.5, 0.6) is 0 Å². The number of carbonyl (C=O) groups excluding carboxylic acids is 2. The summed E-state index contributed by atoms with van der Waals surface area (Å²) in [5.41, 5.74) is 0.967. The first kappa shape index (κ1) is 21.0. The zero-order valence-electron chi connectivity index (χ0n) is 17.9. The van der Waals surface area contributed by atoms with Gasteiger partial charge in [-0.2, -0.15) is 0 Å². The van der Waals surface area contributed by atoms with Crippen LogP contribution in [0.4, 0.5) is 5.82 Å². The van der Waals surface area contributed by atoms with Crippen LogP contribution in [0.3, 0.4) is 0 Å². The third kappa shape index (κ3) is 4.58. The summed E-state index contributed by atoms with van der Waals surface area (Å²) in [6.45, 7) is 8.18. The molecule has 2 aromatic heterocycles. The highest BCUT2D eigenvalue weighted by atomic mass is 32.1. The molecule has 2 aromatic rings. The van der Waals surface area contributed by atoms with Gasteiger partial charge in [-0.1, -0.05) is 6.92 Å². The van der Waals surface area contributed by atoms with E-state index < -0.39 is 0 Å². The van der Waals surface area contributed by atoms with Crippen molar-refractivity contribution in [2.24, 2.45) is 5.92 Å². The SMILES string of the molecule is CCCN(CC1CC1)C(=O)c1sc2ncnc(NCCCN3CCCC3=O)c2c1C. The normalized spacial score (nSPS) is 16.5. The van der Waals surface area contributed by atoms with E-state index in [1.807, 2.05) is 16.7 Å². The Balaban J connectivity index is 1.46. The monoisotopic (exact) mass is 429 g/mol. The Labute approximate surface area is 181 Å². The molecule has 3 heterocycles. The average molecular weight is 430 g/mol. The van der Waals surface area contributed by atoms with Crippen molar-refractivity contribution in [1.29, 1.82) is 0 Å². The van der Waals surface area contributed by atoms with Gasteiger partial charge in [-0.05, 0) is 50.5 Å². The molecular weight excluding hydrogens is 398 g/mol. The molecule has 1 aliphatic carbocycles. The summed E-state index contributed by atoms with van der Waals surface area (Å²) in [7, 11) is 0. The number of thiophene rings is 1. The summed E-state index contributed by atoms with van der Waals surface area (Å²) in [5.74, 6) is 1.85. The number of rotatable bonds is 10. The molecule has 8 heteroatoms. The highest BCUT2D eigenvalue weighted by molar-refractivity contribution is 7.20. The summed E-state index contributed by atoms with van der Waals surface area (Å²) in [4.78, 5) is 39.5. The number of fused-ring (bicyclic) bond motifs is 1. The first-order valence-electron chi connectivity index (χ1n) is 11.1. The molecule has 0 atom stereocenters. The van der Waals surface area contributed by atoms with E-state index in [1.165, 1.54) is 24.2 Å². The van der Waals surface area contributed by atoms with Crippen molar-refractivity contribution in [3.63, 3.8) is 0 Å². The predicted molar refractivity (Wildman–Crippen MR) is 120 cm³/mol. The standard InChI is InChI=1S/C22H31N5O2S/c1-3-10-27(13-16-7-8-16)22(29)19-15(2)18-20(24-14-25-21(18)30-19)23-9-5-12-26-11-4-6-17(26)28/h14,16H,3-13H2,1-2H3,(H,23,24,25). The Hall–Kier alpha value is -2.22. The third-order valence-electron chi connectivity index (χ3n) is 5.95. The van der Waals surface area contributed by atoms with Gasteiger partial charge in [0.05, 0.1) is 10.3 Å². The maximum Gasteiger partial charge on any atom is 0.264 e. The number of anilines is 1. The molecule has 30 heavy (non-hydrogen) atoms. The molecule has 1 N–H and O–H groups in total. The van der Waals surface area contributed by atoms with Crippen LogP contribution in [-0.2, 0) is 4.79 Å². The number of nitrogens with one attached hydrogen (secondary N) is 1. The summed E-state index contributed by atoms with van der Waals surface area (Å²) < 4.78 is 0. The minimum Gasteiger partial charge on any atom is -0.369 e. The van der Waals surface area contributed by atoms with Crippen molar-refractivity contribution in [3.8, 4) is 0 Å². The van der Waals surface area contributed by atoms with Crippen molar-refractivity contribution in [3.05, 3.63) is 16.8 Å². The first-order chi connectivity index (χ1) is 14.6. The van der Waals surface area contributed by atoms with Gasteiger partial charge in [0.15, 0.2) is 0 Å². The maximum atomic E-state index is 13.3. The number of hydrogen-bond donors (Lipinski definition) is 1. The molecule has 0 spiro atoms. The van der Waals surface area contributed by atoms with Gasteiger partial charge in [0, 0.05) is 39.1 Å². The molecular formula is C22H31N5O2S. The van der Waals surface area contributed by atoms with Crippen molar-refractivity contribution in [1.82, 2.24) is 19.8 Å². The topological polar surface area (TPSA) is 78.4 Å². The number of aryl methyl sites for hydroxylation is 1. The van der Waals surface area contributed by atoms with E-state index in [2.05, 4.69) is 22.2 Å². The lowest BCUT2D eigenvalue weighted by molar-refractivity contribution is -0.127. The lowest BCUT2D eigenvalue weighted by atomic mass is 10.1. The van der Waals surface area contributed by atoms with Crippen molar-refractivity contribution in [2.75, 3.05) is 38.0 Å². The second kappa shape index (κ2) is 9.29. The second-order valence-electron chi connectivity index (χ2n) is 8.42. The number of nitrogens with zero attached hydrogens (tertiary/aromatic N) is 4. The van der Waals surface area contributed by atoms with E-state index in [4.69, 9.17) is 0 Å². The lowest BCUT2D eigenvalue weighted by Crippen LogP contribution is -2.33. The third-order valence-corrected chi connectivity index (χ3v) is 7.13. The molecule has 0 bridgehead atoms. The Kier molecular flexibility index (Phi) is 6.51. The molecule has 1 saturated heterocycles. The van der Waals surface area contributed by atoms with Crippen LogP contribution in [0, 0.1) is 12.8 Å². The van der Waals surface area contributed by atoms with Crippen LogP contribution < -0.4 is 5.32 Å². The fourth-order valence-electron chi connectivity index (χ4n) is 4.13. The van der Waals surface area contributed by atoms with Gasteiger partial charge in [0.2, 0.25) is 5.91 Å². The van der Waals surface area contributed by atoms with Gasteiger partial charge in [-0.15, -0.1) is 11.3 Å². The van der Waals surface area contributed by atoms with Crippen LogP contribution in [0.25, 0.3) is 10.2 Å². The van der Waals surface area contributed by atoms with Gasteiger partial charge in [0.25, 0.3) is 5.91 Å². The zero-order valence-corrected chi connectivity index (χ0v) is 18.8.